The lowest BCUT2D eigenvalue weighted by atomic mass is 9.95. The highest BCUT2D eigenvalue weighted by molar-refractivity contribution is 7.17. The second-order valence-electron chi connectivity index (χ2n) is 4.46. The lowest BCUT2D eigenvalue weighted by molar-refractivity contribution is 0.462. The Labute approximate surface area is 109 Å². The summed E-state index contributed by atoms with van der Waals surface area (Å²) in [5.41, 5.74) is 0.938. The summed E-state index contributed by atoms with van der Waals surface area (Å²) in [6.07, 6.45) is 6.44. The van der Waals surface area contributed by atoms with Gasteiger partial charge in [-0.2, -0.15) is 4.98 Å². The Kier molecular flexibility index (Phi) is 3.16. The van der Waals surface area contributed by atoms with E-state index in [4.69, 9.17) is 11.6 Å². The Balaban J connectivity index is 1.90. The van der Waals surface area contributed by atoms with E-state index >= 15 is 0 Å². The zero-order valence-corrected chi connectivity index (χ0v) is 11.0. The van der Waals surface area contributed by atoms with Crippen molar-refractivity contribution in [1.82, 2.24) is 9.97 Å². The fourth-order valence-corrected chi connectivity index (χ4v) is 3.33. The van der Waals surface area contributed by atoms with Crippen LogP contribution >= 0.6 is 22.9 Å². The van der Waals surface area contributed by atoms with Gasteiger partial charge in [0.2, 0.25) is 5.28 Å². The summed E-state index contributed by atoms with van der Waals surface area (Å²) in [4.78, 5) is 8.54. The Morgan fingerprint density at radius 1 is 1.24 bits per heavy atom. The smallest absolute Gasteiger partial charge is 0.224 e. The van der Waals surface area contributed by atoms with Crippen molar-refractivity contribution in [1.29, 1.82) is 0 Å². The summed E-state index contributed by atoms with van der Waals surface area (Å²) in [5, 5.41) is 5.88. The van der Waals surface area contributed by atoms with Crippen LogP contribution in [0.4, 0.5) is 5.82 Å². The predicted octanol–water partition coefficient (Wildman–Crippen LogP) is 4.09. The number of hydrogen-bond acceptors (Lipinski definition) is 4. The summed E-state index contributed by atoms with van der Waals surface area (Å²) in [7, 11) is 0. The van der Waals surface area contributed by atoms with Crippen molar-refractivity contribution < 1.29 is 0 Å². The monoisotopic (exact) mass is 267 g/mol. The van der Waals surface area contributed by atoms with Crippen molar-refractivity contribution in [2.24, 2.45) is 0 Å². The number of fused-ring (bicyclic) bond motifs is 1. The van der Waals surface area contributed by atoms with Crippen molar-refractivity contribution in [3.05, 3.63) is 16.7 Å². The van der Waals surface area contributed by atoms with E-state index in [1.54, 1.807) is 11.3 Å². The van der Waals surface area contributed by atoms with Crippen molar-refractivity contribution in [2.75, 3.05) is 5.32 Å². The molecule has 1 saturated carbocycles. The molecule has 1 aliphatic rings. The van der Waals surface area contributed by atoms with E-state index in [0.29, 0.717) is 11.3 Å². The summed E-state index contributed by atoms with van der Waals surface area (Å²) in [6, 6.07) is 2.53. The third-order valence-corrected chi connectivity index (χ3v) is 4.30. The molecule has 0 saturated heterocycles. The fourth-order valence-electron chi connectivity index (χ4n) is 2.37. The first kappa shape index (κ1) is 11.2. The molecular formula is C12H14ClN3S. The van der Waals surface area contributed by atoms with Gasteiger partial charge in [0.25, 0.3) is 0 Å². The van der Waals surface area contributed by atoms with Crippen LogP contribution in [0.15, 0.2) is 11.4 Å². The largest absolute Gasteiger partial charge is 0.366 e. The molecule has 0 unspecified atom stereocenters. The molecule has 3 rings (SSSR count). The summed E-state index contributed by atoms with van der Waals surface area (Å²) < 4.78 is 1.11. The molecule has 17 heavy (non-hydrogen) atoms. The van der Waals surface area contributed by atoms with Gasteiger partial charge < -0.3 is 5.32 Å². The van der Waals surface area contributed by atoms with Gasteiger partial charge in [0, 0.05) is 6.04 Å². The van der Waals surface area contributed by atoms with Crippen LogP contribution in [0.25, 0.3) is 10.2 Å². The van der Waals surface area contributed by atoms with Crippen molar-refractivity contribution in [2.45, 2.75) is 38.1 Å². The minimum atomic E-state index is 0.328. The lowest BCUT2D eigenvalue weighted by Crippen LogP contribution is -2.22. The van der Waals surface area contributed by atoms with Gasteiger partial charge in [0.05, 0.1) is 10.2 Å². The first-order chi connectivity index (χ1) is 8.33. The number of thiophene rings is 1. The topological polar surface area (TPSA) is 37.8 Å². The van der Waals surface area contributed by atoms with Crippen LogP contribution in [0.1, 0.15) is 32.1 Å². The van der Waals surface area contributed by atoms with Crippen molar-refractivity contribution >= 4 is 39.0 Å². The van der Waals surface area contributed by atoms with E-state index in [1.807, 2.05) is 11.4 Å². The molecule has 90 valence electrons. The average molecular weight is 268 g/mol. The van der Waals surface area contributed by atoms with Gasteiger partial charge in [-0.1, -0.05) is 19.3 Å². The summed E-state index contributed by atoms with van der Waals surface area (Å²) in [6.45, 7) is 0. The minimum absolute atomic E-state index is 0.328. The van der Waals surface area contributed by atoms with E-state index < -0.39 is 0 Å². The van der Waals surface area contributed by atoms with Crippen LogP contribution in [-0.4, -0.2) is 16.0 Å². The van der Waals surface area contributed by atoms with E-state index in [2.05, 4.69) is 15.3 Å². The van der Waals surface area contributed by atoms with Crippen LogP contribution in [0.5, 0.6) is 0 Å². The van der Waals surface area contributed by atoms with Crippen LogP contribution < -0.4 is 5.32 Å². The number of rotatable bonds is 2. The van der Waals surface area contributed by atoms with Gasteiger partial charge in [-0.25, -0.2) is 4.98 Å². The number of hydrogen-bond donors (Lipinski definition) is 1. The normalized spacial score (nSPS) is 17.5. The highest BCUT2D eigenvalue weighted by Crippen LogP contribution is 2.29. The number of aromatic nitrogens is 2. The molecule has 0 radical (unpaired) electrons. The van der Waals surface area contributed by atoms with Gasteiger partial charge in [-0.05, 0) is 35.9 Å². The number of halogens is 1. The molecule has 1 N–H and O–H groups in total. The van der Waals surface area contributed by atoms with Gasteiger partial charge in [-0.3, -0.25) is 0 Å². The number of anilines is 1. The average Bonchev–Trinajstić information content (AvgIpc) is 2.78. The summed E-state index contributed by atoms with van der Waals surface area (Å²) >= 11 is 7.61. The highest BCUT2D eigenvalue weighted by Gasteiger charge is 2.16. The Morgan fingerprint density at radius 3 is 2.88 bits per heavy atom. The van der Waals surface area contributed by atoms with Gasteiger partial charge >= 0.3 is 0 Å². The summed E-state index contributed by atoms with van der Waals surface area (Å²) in [5.74, 6) is 0.905. The zero-order valence-electron chi connectivity index (χ0n) is 9.45. The molecule has 0 amide bonds. The van der Waals surface area contributed by atoms with Gasteiger partial charge in [0.15, 0.2) is 0 Å². The van der Waals surface area contributed by atoms with Gasteiger partial charge in [-0.15, -0.1) is 11.3 Å². The number of nitrogens with zero attached hydrogens (tertiary/aromatic N) is 2. The molecule has 2 aromatic heterocycles. The fraction of sp³-hybridized carbons (Fsp3) is 0.500. The first-order valence-electron chi connectivity index (χ1n) is 6.00. The molecule has 2 aromatic rings. The van der Waals surface area contributed by atoms with E-state index in [-0.39, 0.29) is 0 Å². The first-order valence-corrected chi connectivity index (χ1v) is 7.26. The van der Waals surface area contributed by atoms with Crippen molar-refractivity contribution in [3.63, 3.8) is 0 Å². The molecule has 0 bridgehead atoms. The SMILES string of the molecule is Clc1nc(NC2CCCCC2)c2sccc2n1. The molecule has 0 spiro atoms. The third-order valence-electron chi connectivity index (χ3n) is 3.22. The van der Waals surface area contributed by atoms with Crippen LogP contribution in [0.2, 0.25) is 5.28 Å². The molecule has 1 aliphatic carbocycles. The Morgan fingerprint density at radius 2 is 2.06 bits per heavy atom. The molecule has 3 nitrogen and oxygen atoms in total. The molecule has 0 atom stereocenters. The molecule has 0 aliphatic heterocycles. The predicted molar refractivity (Wildman–Crippen MR) is 72.9 cm³/mol. The van der Waals surface area contributed by atoms with E-state index in [0.717, 1.165) is 16.0 Å². The number of nitrogens with one attached hydrogen (secondary N) is 1. The van der Waals surface area contributed by atoms with Crippen LogP contribution in [0, 0.1) is 0 Å². The Bertz CT molecular complexity index is 519. The minimum Gasteiger partial charge on any atom is -0.366 e. The highest BCUT2D eigenvalue weighted by atomic mass is 35.5. The third kappa shape index (κ3) is 2.38. The standard InChI is InChI=1S/C12H14ClN3S/c13-12-15-9-6-7-17-10(9)11(16-12)14-8-4-2-1-3-5-8/h6-8H,1-5H2,(H,14,15,16). The van der Waals surface area contributed by atoms with Gasteiger partial charge in [0.1, 0.15) is 5.82 Å². The Hall–Kier alpha value is -0.870. The van der Waals surface area contributed by atoms with Crippen LogP contribution in [0.3, 0.4) is 0 Å². The van der Waals surface area contributed by atoms with Crippen molar-refractivity contribution in [3.8, 4) is 0 Å². The zero-order chi connectivity index (χ0) is 11.7. The van der Waals surface area contributed by atoms with Crippen LogP contribution in [-0.2, 0) is 0 Å². The maximum absolute atomic E-state index is 5.94. The van der Waals surface area contributed by atoms with E-state index in [1.165, 1.54) is 32.1 Å². The maximum Gasteiger partial charge on any atom is 0.224 e. The molecule has 1 fully saturated rings. The quantitative estimate of drug-likeness (QED) is 0.833. The second kappa shape index (κ2) is 4.78. The molecular weight excluding hydrogens is 254 g/mol. The molecule has 5 heteroatoms. The van der Waals surface area contributed by atoms with E-state index in [9.17, 15) is 0 Å². The lowest BCUT2D eigenvalue weighted by Gasteiger charge is -2.23. The molecule has 0 aromatic carbocycles. The maximum atomic E-state index is 5.94. The molecule has 2 heterocycles. The second-order valence-corrected chi connectivity index (χ2v) is 5.71.